The smallest absolute Gasteiger partial charge is 0.193 e. The molecule has 6 nitrogen and oxygen atoms in total. The van der Waals surface area contributed by atoms with Crippen LogP contribution in [0.3, 0.4) is 0 Å². The average Bonchev–Trinajstić information content (AvgIpc) is 2.72. The molecule has 21 heavy (non-hydrogen) atoms. The van der Waals surface area contributed by atoms with Crippen LogP contribution in [0.2, 0.25) is 0 Å². The summed E-state index contributed by atoms with van der Waals surface area (Å²) in [7, 11) is 3.65. The lowest BCUT2D eigenvalue weighted by Gasteiger charge is -2.07. The maximum absolute atomic E-state index is 5.04. The standard InChI is InChI=1S/C14H21N5OS/c1-10-7-16-14(17-8-10)21-13-12(9-15-5-6-20-4)11(2)18-19(13)3/h7-8,15H,5-6,9H2,1-4H3. The third-order valence-corrected chi connectivity index (χ3v) is 4.12. The van der Waals surface area contributed by atoms with E-state index >= 15 is 0 Å². The van der Waals surface area contributed by atoms with Crippen molar-refractivity contribution in [1.29, 1.82) is 0 Å². The molecule has 0 aliphatic carbocycles. The van der Waals surface area contributed by atoms with E-state index in [4.69, 9.17) is 4.74 Å². The van der Waals surface area contributed by atoms with Crippen molar-refractivity contribution in [3.8, 4) is 0 Å². The molecule has 2 aromatic rings. The lowest BCUT2D eigenvalue weighted by Crippen LogP contribution is -2.19. The Kier molecular flexibility index (Phi) is 5.72. The Labute approximate surface area is 129 Å². The van der Waals surface area contributed by atoms with E-state index in [1.54, 1.807) is 18.9 Å². The second-order valence-electron chi connectivity index (χ2n) is 4.81. The van der Waals surface area contributed by atoms with E-state index in [2.05, 4.69) is 20.4 Å². The Morgan fingerprint density at radius 1 is 1.29 bits per heavy atom. The van der Waals surface area contributed by atoms with Crippen molar-refractivity contribution in [1.82, 2.24) is 25.1 Å². The highest BCUT2D eigenvalue weighted by atomic mass is 32.2. The van der Waals surface area contributed by atoms with Gasteiger partial charge in [-0.3, -0.25) is 4.68 Å². The van der Waals surface area contributed by atoms with Crippen LogP contribution in [-0.4, -0.2) is 40.0 Å². The molecule has 0 unspecified atom stereocenters. The summed E-state index contributed by atoms with van der Waals surface area (Å²) < 4.78 is 6.93. The SMILES string of the molecule is COCCNCc1c(C)nn(C)c1Sc1ncc(C)cn1. The summed E-state index contributed by atoms with van der Waals surface area (Å²) in [6, 6.07) is 0. The van der Waals surface area contributed by atoms with Gasteiger partial charge in [-0.2, -0.15) is 5.10 Å². The normalized spacial score (nSPS) is 11.0. The Morgan fingerprint density at radius 2 is 2.00 bits per heavy atom. The van der Waals surface area contributed by atoms with Crippen LogP contribution in [0.15, 0.2) is 22.6 Å². The van der Waals surface area contributed by atoms with Crippen molar-refractivity contribution in [2.75, 3.05) is 20.3 Å². The molecule has 0 amide bonds. The van der Waals surface area contributed by atoms with Gasteiger partial charge < -0.3 is 10.1 Å². The average molecular weight is 307 g/mol. The fraction of sp³-hybridized carbons (Fsp3) is 0.500. The summed E-state index contributed by atoms with van der Waals surface area (Å²) in [5, 5.41) is 9.66. The zero-order chi connectivity index (χ0) is 15.2. The summed E-state index contributed by atoms with van der Waals surface area (Å²) in [6.07, 6.45) is 3.66. The number of methoxy groups -OCH3 is 1. The number of hydrogen-bond acceptors (Lipinski definition) is 6. The van der Waals surface area contributed by atoms with E-state index in [1.165, 1.54) is 5.56 Å². The fourth-order valence-electron chi connectivity index (χ4n) is 1.92. The molecule has 1 N–H and O–H groups in total. The van der Waals surface area contributed by atoms with Gasteiger partial charge in [0.15, 0.2) is 5.16 Å². The van der Waals surface area contributed by atoms with Crippen LogP contribution in [0.5, 0.6) is 0 Å². The van der Waals surface area contributed by atoms with E-state index in [0.29, 0.717) is 6.61 Å². The molecule has 2 aromatic heterocycles. The van der Waals surface area contributed by atoms with Crippen molar-refractivity contribution < 1.29 is 4.74 Å². The van der Waals surface area contributed by atoms with Gasteiger partial charge in [0.1, 0.15) is 5.03 Å². The molecule has 0 saturated heterocycles. The second-order valence-corrected chi connectivity index (χ2v) is 5.76. The van der Waals surface area contributed by atoms with E-state index < -0.39 is 0 Å². The zero-order valence-electron chi connectivity index (χ0n) is 12.9. The third-order valence-electron chi connectivity index (χ3n) is 3.02. The lowest BCUT2D eigenvalue weighted by molar-refractivity contribution is 0.199. The topological polar surface area (TPSA) is 64.9 Å². The molecule has 0 atom stereocenters. The van der Waals surface area contributed by atoms with Gasteiger partial charge in [-0.15, -0.1) is 0 Å². The molecule has 114 valence electrons. The Bertz CT molecular complexity index is 582. The second kappa shape index (κ2) is 7.53. The van der Waals surface area contributed by atoms with Crippen LogP contribution in [-0.2, 0) is 18.3 Å². The van der Waals surface area contributed by atoms with Gasteiger partial charge in [-0.1, -0.05) is 0 Å². The highest BCUT2D eigenvalue weighted by molar-refractivity contribution is 7.99. The number of aromatic nitrogens is 4. The molecule has 0 saturated carbocycles. The van der Waals surface area contributed by atoms with E-state index in [-0.39, 0.29) is 0 Å². The quantitative estimate of drug-likeness (QED) is 0.620. The summed E-state index contributed by atoms with van der Waals surface area (Å²) in [5.74, 6) is 0. The van der Waals surface area contributed by atoms with Gasteiger partial charge in [-0.05, 0) is 31.2 Å². The van der Waals surface area contributed by atoms with Crippen molar-refractivity contribution in [3.63, 3.8) is 0 Å². The molecule has 7 heteroatoms. The Morgan fingerprint density at radius 3 is 2.67 bits per heavy atom. The molecule has 0 aromatic carbocycles. The molecule has 2 rings (SSSR count). The van der Waals surface area contributed by atoms with Crippen LogP contribution in [0.1, 0.15) is 16.8 Å². The largest absolute Gasteiger partial charge is 0.383 e. The maximum atomic E-state index is 5.04. The minimum absolute atomic E-state index is 0.697. The van der Waals surface area contributed by atoms with Gasteiger partial charge in [0.25, 0.3) is 0 Å². The number of nitrogens with one attached hydrogen (secondary N) is 1. The minimum Gasteiger partial charge on any atom is -0.383 e. The van der Waals surface area contributed by atoms with Crippen LogP contribution in [0, 0.1) is 13.8 Å². The summed E-state index contributed by atoms with van der Waals surface area (Å²) in [4.78, 5) is 8.69. The monoisotopic (exact) mass is 307 g/mol. The van der Waals surface area contributed by atoms with Crippen LogP contribution in [0.4, 0.5) is 0 Å². The van der Waals surface area contributed by atoms with Crippen LogP contribution < -0.4 is 5.32 Å². The van der Waals surface area contributed by atoms with Gasteiger partial charge in [-0.25, -0.2) is 9.97 Å². The van der Waals surface area contributed by atoms with Crippen LogP contribution >= 0.6 is 11.8 Å². The highest BCUT2D eigenvalue weighted by Gasteiger charge is 2.15. The molecule has 0 spiro atoms. The first-order chi connectivity index (χ1) is 10.1. The zero-order valence-corrected chi connectivity index (χ0v) is 13.7. The molecule has 2 heterocycles. The van der Waals surface area contributed by atoms with Crippen molar-refractivity contribution in [2.24, 2.45) is 7.05 Å². The first-order valence-electron chi connectivity index (χ1n) is 6.80. The Balaban J connectivity index is 2.12. The molecule has 0 aliphatic rings. The molecule has 0 bridgehead atoms. The van der Waals surface area contributed by atoms with Gasteiger partial charge in [0.05, 0.1) is 12.3 Å². The lowest BCUT2D eigenvalue weighted by atomic mass is 10.2. The van der Waals surface area contributed by atoms with Crippen molar-refractivity contribution in [2.45, 2.75) is 30.6 Å². The fourth-order valence-corrected chi connectivity index (χ4v) is 2.82. The first-order valence-corrected chi connectivity index (χ1v) is 7.62. The van der Waals surface area contributed by atoms with E-state index in [9.17, 15) is 0 Å². The van der Waals surface area contributed by atoms with E-state index in [0.717, 1.165) is 34.5 Å². The van der Waals surface area contributed by atoms with Gasteiger partial charge >= 0.3 is 0 Å². The third kappa shape index (κ3) is 4.26. The molecular formula is C14H21N5OS. The minimum atomic E-state index is 0.697. The van der Waals surface area contributed by atoms with E-state index in [1.807, 2.05) is 38.0 Å². The number of rotatable bonds is 7. The summed E-state index contributed by atoms with van der Waals surface area (Å²) in [6.45, 7) is 6.28. The number of ether oxygens (including phenoxy) is 1. The molecular weight excluding hydrogens is 286 g/mol. The highest BCUT2D eigenvalue weighted by Crippen LogP contribution is 2.29. The molecule has 0 fully saturated rings. The number of hydrogen-bond donors (Lipinski definition) is 1. The summed E-state index contributed by atoms with van der Waals surface area (Å²) in [5.41, 5.74) is 3.27. The Hall–Kier alpha value is -1.44. The van der Waals surface area contributed by atoms with Gasteiger partial charge in [0, 0.05) is 45.2 Å². The molecule has 0 aliphatic heterocycles. The van der Waals surface area contributed by atoms with Gasteiger partial charge in [0.2, 0.25) is 0 Å². The van der Waals surface area contributed by atoms with Crippen molar-refractivity contribution >= 4 is 11.8 Å². The maximum Gasteiger partial charge on any atom is 0.193 e. The van der Waals surface area contributed by atoms with Crippen LogP contribution in [0.25, 0.3) is 0 Å². The van der Waals surface area contributed by atoms with Crippen molar-refractivity contribution in [3.05, 3.63) is 29.2 Å². The number of nitrogens with zero attached hydrogens (tertiary/aromatic N) is 4. The first kappa shape index (κ1) is 15.9. The predicted octanol–water partition coefficient (Wildman–Crippen LogP) is 1.71. The predicted molar refractivity (Wildman–Crippen MR) is 82.4 cm³/mol. The molecule has 0 radical (unpaired) electrons. The number of aryl methyl sites for hydroxylation is 3. The summed E-state index contributed by atoms with van der Waals surface area (Å²) >= 11 is 1.54.